The van der Waals surface area contributed by atoms with Crippen LogP contribution in [0.1, 0.15) is 17.4 Å². The number of amides is 2. The molecule has 1 aliphatic heterocycles. The lowest BCUT2D eigenvalue weighted by Crippen LogP contribution is -2.45. The summed E-state index contributed by atoms with van der Waals surface area (Å²) in [5.74, 6) is -1.37. The molecule has 1 unspecified atom stereocenters. The van der Waals surface area contributed by atoms with Gasteiger partial charge in [-0.05, 0) is 30.3 Å². The first-order chi connectivity index (χ1) is 13.8. The van der Waals surface area contributed by atoms with Crippen LogP contribution in [0, 0.1) is 0 Å². The molecule has 2 heterocycles. The molecule has 1 aromatic carbocycles. The molecule has 2 amide bonds. The highest BCUT2D eigenvalue weighted by Crippen LogP contribution is 2.30. The second-order valence-electron chi connectivity index (χ2n) is 6.42. The Morgan fingerprint density at radius 1 is 1.10 bits per heavy atom. The molecule has 0 bridgehead atoms. The van der Waals surface area contributed by atoms with Gasteiger partial charge in [0.05, 0.1) is 31.1 Å². The monoisotopic (exact) mass is 411 g/mol. The van der Waals surface area contributed by atoms with E-state index in [2.05, 4.69) is 15.5 Å². The van der Waals surface area contributed by atoms with E-state index < -0.39 is 23.6 Å². The standard InChI is InChI=1S/C19H20F3N3O4/c20-19(21,22)13-3-1-4-14(11-13)24-18(27)17(26)23-12-15(16-5-2-8-29-16)25-6-9-28-10-7-25/h1-5,8,11,15H,6-7,9-10,12H2,(H,23,26)(H,24,27). The third-order valence-electron chi connectivity index (χ3n) is 4.47. The molecule has 29 heavy (non-hydrogen) atoms. The maximum atomic E-state index is 12.8. The highest BCUT2D eigenvalue weighted by Gasteiger charge is 2.31. The van der Waals surface area contributed by atoms with E-state index in [0.717, 1.165) is 18.2 Å². The summed E-state index contributed by atoms with van der Waals surface area (Å²) in [4.78, 5) is 26.3. The van der Waals surface area contributed by atoms with Gasteiger partial charge in [-0.2, -0.15) is 13.2 Å². The smallest absolute Gasteiger partial charge is 0.416 e. The van der Waals surface area contributed by atoms with E-state index in [4.69, 9.17) is 9.15 Å². The van der Waals surface area contributed by atoms with Gasteiger partial charge in [0.2, 0.25) is 0 Å². The van der Waals surface area contributed by atoms with Gasteiger partial charge < -0.3 is 19.8 Å². The number of hydrogen-bond acceptors (Lipinski definition) is 5. The number of alkyl halides is 3. The molecule has 1 aliphatic rings. The number of ether oxygens (including phenoxy) is 1. The Morgan fingerprint density at radius 3 is 2.52 bits per heavy atom. The van der Waals surface area contributed by atoms with Crippen molar-refractivity contribution < 1.29 is 31.9 Å². The minimum absolute atomic E-state index is 0.0996. The van der Waals surface area contributed by atoms with Gasteiger partial charge in [-0.3, -0.25) is 14.5 Å². The second kappa shape index (κ2) is 9.10. The first-order valence-corrected chi connectivity index (χ1v) is 8.96. The number of anilines is 1. The van der Waals surface area contributed by atoms with Crippen LogP contribution in [0.3, 0.4) is 0 Å². The van der Waals surface area contributed by atoms with Crippen molar-refractivity contribution >= 4 is 17.5 Å². The molecule has 1 atom stereocenters. The molecule has 1 saturated heterocycles. The Labute approximate surface area is 164 Å². The van der Waals surface area contributed by atoms with Gasteiger partial charge in [-0.25, -0.2) is 0 Å². The highest BCUT2D eigenvalue weighted by atomic mass is 19.4. The summed E-state index contributed by atoms with van der Waals surface area (Å²) in [6.45, 7) is 2.46. The lowest BCUT2D eigenvalue weighted by molar-refractivity contribution is -0.137. The van der Waals surface area contributed by atoms with Crippen LogP contribution in [0.25, 0.3) is 0 Å². The number of hydrogen-bond donors (Lipinski definition) is 2. The van der Waals surface area contributed by atoms with Gasteiger partial charge in [0.1, 0.15) is 5.76 Å². The zero-order chi connectivity index (χ0) is 20.9. The molecule has 3 rings (SSSR count). The molecule has 1 aromatic heterocycles. The SMILES string of the molecule is O=C(NCC(c1ccco1)N1CCOCC1)C(=O)Nc1cccc(C(F)(F)F)c1. The van der Waals surface area contributed by atoms with Crippen LogP contribution in [0.5, 0.6) is 0 Å². The number of benzene rings is 1. The molecule has 2 N–H and O–H groups in total. The third kappa shape index (κ3) is 5.58. The summed E-state index contributed by atoms with van der Waals surface area (Å²) >= 11 is 0. The summed E-state index contributed by atoms with van der Waals surface area (Å²) in [6, 6.07) is 7.29. The molecular formula is C19H20F3N3O4. The van der Waals surface area contributed by atoms with Gasteiger partial charge in [-0.15, -0.1) is 0 Å². The van der Waals surface area contributed by atoms with Crippen molar-refractivity contribution in [2.75, 3.05) is 38.2 Å². The number of halogens is 3. The first kappa shape index (κ1) is 20.9. The number of rotatable bonds is 5. The van der Waals surface area contributed by atoms with Crippen molar-refractivity contribution in [1.29, 1.82) is 0 Å². The van der Waals surface area contributed by atoms with Crippen LogP contribution in [0.4, 0.5) is 18.9 Å². The van der Waals surface area contributed by atoms with Crippen molar-refractivity contribution in [3.63, 3.8) is 0 Å². The van der Waals surface area contributed by atoms with Gasteiger partial charge in [-0.1, -0.05) is 6.07 Å². The van der Waals surface area contributed by atoms with Crippen LogP contribution in [-0.2, 0) is 20.5 Å². The fourth-order valence-corrected chi connectivity index (χ4v) is 3.01. The fourth-order valence-electron chi connectivity index (χ4n) is 3.01. The summed E-state index contributed by atoms with van der Waals surface area (Å²) in [5, 5.41) is 4.70. The van der Waals surface area contributed by atoms with Crippen molar-refractivity contribution in [2.45, 2.75) is 12.2 Å². The first-order valence-electron chi connectivity index (χ1n) is 8.96. The largest absolute Gasteiger partial charge is 0.468 e. The van der Waals surface area contributed by atoms with Crippen molar-refractivity contribution in [1.82, 2.24) is 10.2 Å². The quantitative estimate of drug-likeness (QED) is 0.739. The average Bonchev–Trinajstić information content (AvgIpc) is 3.23. The molecule has 0 radical (unpaired) electrons. The second-order valence-corrected chi connectivity index (χ2v) is 6.42. The van der Waals surface area contributed by atoms with Gasteiger partial charge in [0.25, 0.3) is 0 Å². The maximum Gasteiger partial charge on any atom is 0.416 e. The molecule has 1 fully saturated rings. The minimum atomic E-state index is -4.54. The summed E-state index contributed by atoms with van der Waals surface area (Å²) in [7, 11) is 0. The fraction of sp³-hybridized carbons (Fsp3) is 0.368. The molecule has 0 spiro atoms. The van der Waals surface area contributed by atoms with E-state index in [1.54, 1.807) is 12.1 Å². The Kier molecular flexibility index (Phi) is 6.55. The predicted molar refractivity (Wildman–Crippen MR) is 96.9 cm³/mol. The van der Waals surface area contributed by atoms with Crippen LogP contribution in [0.2, 0.25) is 0 Å². The topological polar surface area (TPSA) is 83.8 Å². The van der Waals surface area contributed by atoms with Crippen molar-refractivity contribution in [3.05, 3.63) is 54.0 Å². The van der Waals surface area contributed by atoms with Crippen LogP contribution >= 0.6 is 0 Å². The molecular weight excluding hydrogens is 391 g/mol. The normalized spacial score (nSPS) is 16.2. The molecule has 7 nitrogen and oxygen atoms in total. The maximum absolute atomic E-state index is 12.8. The number of morpholine rings is 1. The zero-order valence-corrected chi connectivity index (χ0v) is 15.4. The Morgan fingerprint density at radius 2 is 1.86 bits per heavy atom. The highest BCUT2D eigenvalue weighted by molar-refractivity contribution is 6.39. The van der Waals surface area contributed by atoms with Crippen LogP contribution in [-0.4, -0.2) is 49.6 Å². The predicted octanol–water partition coefficient (Wildman–Crippen LogP) is 2.43. The average molecular weight is 411 g/mol. The van der Waals surface area contributed by atoms with E-state index in [-0.39, 0.29) is 18.3 Å². The van der Waals surface area contributed by atoms with E-state index in [0.29, 0.717) is 32.1 Å². The number of nitrogens with one attached hydrogen (secondary N) is 2. The number of carbonyl (C=O) groups is 2. The van der Waals surface area contributed by atoms with E-state index >= 15 is 0 Å². The number of nitrogens with zero attached hydrogens (tertiary/aromatic N) is 1. The van der Waals surface area contributed by atoms with Gasteiger partial charge >= 0.3 is 18.0 Å². The third-order valence-corrected chi connectivity index (χ3v) is 4.47. The van der Waals surface area contributed by atoms with E-state index in [1.165, 1.54) is 12.3 Å². The van der Waals surface area contributed by atoms with E-state index in [9.17, 15) is 22.8 Å². The lowest BCUT2D eigenvalue weighted by Gasteiger charge is -2.33. The van der Waals surface area contributed by atoms with Crippen LogP contribution < -0.4 is 10.6 Å². The van der Waals surface area contributed by atoms with E-state index in [1.807, 2.05) is 0 Å². The van der Waals surface area contributed by atoms with Crippen molar-refractivity contribution in [3.8, 4) is 0 Å². The number of furan rings is 1. The zero-order valence-electron chi connectivity index (χ0n) is 15.4. The summed E-state index contributed by atoms with van der Waals surface area (Å²) in [5.41, 5.74) is -1.03. The van der Waals surface area contributed by atoms with Crippen LogP contribution in [0.15, 0.2) is 47.1 Å². The Bertz CT molecular complexity index is 833. The molecule has 0 saturated carbocycles. The molecule has 10 heteroatoms. The summed E-state index contributed by atoms with van der Waals surface area (Å²) < 4.78 is 49.1. The summed E-state index contributed by atoms with van der Waals surface area (Å²) in [6.07, 6.45) is -3.03. The van der Waals surface area contributed by atoms with Gasteiger partial charge in [0, 0.05) is 25.3 Å². The number of carbonyl (C=O) groups excluding carboxylic acids is 2. The minimum Gasteiger partial charge on any atom is -0.468 e. The van der Waals surface area contributed by atoms with Gasteiger partial charge in [0.15, 0.2) is 0 Å². The Hall–Kier alpha value is -2.85. The Balaban J connectivity index is 1.60. The molecule has 156 valence electrons. The molecule has 2 aromatic rings. The van der Waals surface area contributed by atoms with Crippen molar-refractivity contribution in [2.24, 2.45) is 0 Å². The molecule has 0 aliphatic carbocycles. The lowest BCUT2D eigenvalue weighted by atomic mass is 10.1.